The summed E-state index contributed by atoms with van der Waals surface area (Å²) in [6, 6.07) is 4.03. The highest BCUT2D eigenvalue weighted by atomic mass is 35.5. The Balaban J connectivity index is 1.69. The molecule has 0 saturated heterocycles. The van der Waals surface area contributed by atoms with Crippen LogP contribution in [0, 0.1) is 17.7 Å². The highest BCUT2D eigenvalue weighted by Crippen LogP contribution is 2.33. The highest BCUT2D eigenvalue weighted by molar-refractivity contribution is 6.30. The van der Waals surface area contributed by atoms with Crippen LogP contribution in [0.3, 0.4) is 0 Å². The van der Waals surface area contributed by atoms with Gasteiger partial charge in [0.2, 0.25) is 0 Å². The Morgan fingerprint density at radius 1 is 1.17 bits per heavy atom. The predicted molar refractivity (Wildman–Crippen MR) is 95.9 cm³/mol. The molecule has 1 aromatic carbocycles. The quantitative estimate of drug-likeness (QED) is 0.300. The van der Waals surface area contributed by atoms with Crippen LogP contribution in [0.2, 0.25) is 5.02 Å². The average Bonchev–Trinajstić information content (AvgIpc) is 2.58. The summed E-state index contributed by atoms with van der Waals surface area (Å²) in [7, 11) is 0. The summed E-state index contributed by atoms with van der Waals surface area (Å²) in [4.78, 5) is 12.2. The molecule has 0 aromatic heterocycles. The summed E-state index contributed by atoms with van der Waals surface area (Å²) in [5.41, 5.74) is 0. The van der Waals surface area contributed by atoms with Gasteiger partial charge >= 0.3 is 5.97 Å². The van der Waals surface area contributed by atoms with Crippen LogP contribution in [0.1, 0.15) is 71.1 Å². The van der Waals surface area contributed by atoms with Crippen molar-refractivity contribution in [2.45, 2.75) is 71.1 Å². The topological polar surface area (TPSA) is 26.3 Å². The number of benzene rings is 1. The van der Waals surface area contributed by atoms with E-state index in [1.54, 1.807) is 0 Å². The number of carbonyl (C=O) groups is 1. The molecule has 1 aromatic rings. The molecule has 0 radical (unpaired) electrons. The molecule has 0 aliphatic heterocycles. The van der Waals surface area contributed by atoms with Crippen LogP contribution in [0.25, 0.3) is 0 Å². The summed E-state index contributed by atoms with van der Waals surface area (Å²) >= 11 is 5.72. The monoisotopic (exact) mass is 354 g/mol. The first-order chi connectivity index (χ1) is 11.6. The fraction of sp³-hybridized carbons (Fsp3) is 0.650. The number of hydrogen-bond acceptors (Lipinski definition) is 2. The van der Waals surface area contributed by atoms with E-state index in [1.165, 1.54) is 56.7 Å². The summed E-state index contributed by atoms with van der Waals surface area (Å²) in [6.45, 7) is 2.24. The predicted octanol–water partition coefficient (Wildman–Crippen LogP) is 6.55. The number of halogens is 2. The summed E-state index contributed by atoms with van der Waals surface area (Å²) in [5, 5.41) is -0.0212. The Hall–Kier alpha value is -1.09. The molecule has 0 bridgehead atoms. The minimum atomic E-state index is -0.504. The third-order valence-corrected chi connectivity index (χ3v) is 5.30. The van der Waals surface area contributed by atoms with E-state index in [0.29, 0.717) is 5.75 Å². The Morgan fingerprint density at radius 3 is 2.54 bits per heavy atom. The van der Waals surface area contributed by atoms with Crippen molar-refractivity contribution in [2.75, 3.05) is 0 Å². The smallest absolute Gasteiger partial charge is 0.314 e. The van der Waals surface area contributed by atoms with Crippen LogP contribution in [0.15, 0.2) is 18.2 Å². The Morgan fingerprint density at radius 2 is 1.88 bits per heavy atom. The van der Waals surface area contributed by atoms with Crippen LogP contribution in [-0.4, -0.2) is 5.97 Å². The van der Waals surface area contributed by atoms with Crippen LogP contribution in [-0.2, 0) is 4.79 Å². The maximum Gasteiger partial charge on any atom is 0.314 e. The van der Waals surface area contributed by atoms with Gasteiger partial charge in [-0.25, -0.2) is 4.39 Å². The van der Waals surface area contributed by atoms with E-state index in [-0.39, 0.29) is 16.9 Å². The maximum absolute atomic E-state index is 13.1. The molecule has 0 amide bonds. The van der Waals surface area contributed by atoms with Gasteiger partial charge in [0.1, 0.15) is 11.6 Å². The fourth-order valence-electron chi connectivity index (χ4n) is 3.46. The first kappa shape index (κ1) is 19.2. The van der Waals surface area contributed by atoms with E-state index in [9.17, 15) is 9.18 Å². The fourth-order valence-corrected chi connectivity index (χ4v) is 3.63. The maximum atomic E-state index is 13.1. The molecule has 134 valence electrons. The van der Waals surface area contributed by atoms with Crippen molar-refractivity contribution >= 4 is 17.6 Å². The second kappa shape index (κ2) is 10.0. The zero-order valence-electron chi connectivity index (χ0n) is 14.5. The van der Waals surface area contributed by atoms with E-state index in [2.05, 4.69) is 6.92 Å². The molecule has 4 heteroatoms. The molecule has 24 heavy (non-hydrogen) atoms. The molecule has 0 N–H and O–H groups in total. The van der Waals surface area contributed by atoms with Crippen molar-refractivity contribution < 1.29 is 13.9 Å². The molecular weight excluding hydrogens is 327 g/mol. The van der Waals surface area contributed by atoms with Crippen LogP contribution in [0.5, 0.6) is 5.75 Å². The van der Waals surface area contributed by atoms with Gasteiger partial charge in [-0.2, -0.15) is 0 Å². The third kappa shape index (κ3) is 6.08. The van der Waals surface area contributed by atoms with Crippen LogP contribution in [0.4, 0.5) is 4.39 Å². The highest BCUT2D eigenvalue weighted by Gasteiger charge is 2.27. The van der Waals surface area contributed by atoms with Crippen molar-refractivity contribution in [2.24, 2.45) is 11.8 Å². The average molecular weight is 355 g/mol. The number of esters is 1. The zero-order chi connectivity index (χ0) is 17.4. The van der Waals surface area contributed by atoms with Crippen molar-refractivity contribution in [1.82, 2.24) is 0 Å². The zero-order valence-corrected chi connectivity index (χ0v) is 15.3. The molecule has 0 spiro atoms. The van der Waals surface area contributed by atoms with Crippen LogP contribution < -0.4 is 4.74 Å². The Bertz CT molecular complexity index is 524. The molecule has 0 heterocycles. The summed E-state index contributed by atoms with van der Waals surface area (Å²) in [6.07, 6.45) is 11.9. The van der Waals surface area contributed by atoms with Crippen molar-refractivity contribution in [1.29, 1.82) is 0 Å². The summed E-state index contributed by atoms with van der Waals surface area (Å²) < 4.78 is 18.5. The van der Waals surface area contributed by atoms with Gasteiger partial charge in [0.15, 0.2) is 0 Å². The first-order valence-corrected chi connectivity index (χ1v) is 9.64. The number of ether oxygens (including phenoxy) is 1. The third-order valence-electron chi connectivity index (χ3n) is 5.01. The molecule has 2 nitrogen and oxygen atoms in total. The Kier molecular flexibility index (Phi) is 8.04. The molecule has 2 rings (SSSR count). The van der Waals surface area contributed by atoms with Gasteiger partial charge in [-0.15, -0.1) is 0 Å². The largest absolute Gasteiger partial charge is 0.426 e. The first-order valence-electron chi connectivity index (χ1n) is 9.27. The molecule has 1 fully saturated rings. The lowest BCUT2D eigenvalue weighted by atomic mass is 9.80. The minimum Gasteiger partial charge on any atom is -0.426 e. The lowest BCUT2D eigenvalue weighted by molar-refractivity contribution is -0.140. The Labute approximate surface area is 149 Å². The lowest BCUT2D eigenvalue weighted by Gasteiger charge is -2.27. The van der Waals surface area contributed by atoms with Gasteiger partial charge in [-0.05, 0) is 43.7 Å². The van der Waals surface area contributed by atoms with Gasteiger partial charge in [-0.1, -0.05) is 57.0 Å². The number of hydrogen-bond donors (Lipinski definition) is 0. The molecule has 0 unspecified atom stereocenters. The van der Waals surface area contributed by atoms with Gasteiger partial charge in [0.05, 0.1) is 10.9 Å². The summed E-state index contributed by atoms with van der Waals surface area (Å²) in [5.74, 6) is 0.334. The molecule has 1 aliphatic carbocycles. The second-order valence-corrected chi connectivity index (χ2v) is 7.32. The van der Waals surface area contributed by atoms with E-state index in [4.69, 9.17) is 16.3 Å². The normalized spacial score (nSPS) is 20.8. The number of carbonyl (C=O) groups excluding carboxylic acids is 1. The standard InChI is InChI=1S/C20H28ClFO2/c1-2-3-4-5-6-7-15-8-10-16(11-9-15)20(23)24-17-12-13-19(22)18(21)14-17/h12-16H,2-11H2,1H3. The van der Waals surface area contributed by atoms with E-state index >= 15 is 0 Å². The van der Waals surface area contributed by atoms with E-state index in [0.717, 1.165) is 31.6 Å². The van der Waals surface area contributed by atoms with Crippen molar-refractivity contribution in [3.63, 3.8) is 0 Å². The number of rotatable bonds is 8. The SMILES string of the molecule is CCCCCCCC1CCC(C(=O)Oc2ccc(F)c(Cl)c2)CC1. The van der Waals surface area contributed by atoms with Crippen molar-refractivity contribution in [3.05, 3.63) is 29.0 Å². The van der Waals surface area contributed by atoms with Gasteiger partial charge in [-0.3, -0.25) is 4.79 Å². The molecule has 0 atom stereocenters. The van der Waals surface area contributed by atoms with Crippen LogP contribution >= 0.6 is 11.6 Å². The van der Waals surface area contributed by atoms with Gasteiger partial charge < -0.3 is 4.74 Å². The van der Waals surface area contributed by atoms with Gasteiger partial charge in [0, 0.05) is 6.07 Å². The van der Waals surface area contributed by atoms with E-state index in [1.807, 2.05) is 0 Å². The minimum absolute atomic E-state index is 0.0212. The molecular formula is C20H28ClFO2. The molecule has 1 aliphatic rings. The lowest BCUT2D eigenvalue weighted by Crippen LogP contribution is -2.25. The second-order valence-electron chi connectivity index (χ2n) is 6.92. The van der Waals surface area contributed by atoms with E-state index < -0.39 is 5.82 Å². The van der Waals surface area contributed by atoms with Gasteiger partial charge in [0.25, 0.3) is 0 Å². The number of unbranched alkanes of at least 4 members (excludes halogenated alkanes) is 4. The molecule has 1 saturated carbocycles. The van der Waals surface area contributed by atoms with Crippen molar-refractivity contribution in [3.8, 4) is 5.75 Å².